The first-order valence-electron chi connectivity index (χ1n) is 4.98. The minimum absolute atomic E-state index is 0.117. The number of pyridine rings is 1. The third-order valence-electron chi connectivity index (χ3n) is 2.02. The second-order valence-corrected chi connectivity index (χ2v) is 3.31. The minimum atomic E-state index is -0.321. The first kappa shape index (κ1) is 11.0. The van der Waals surface area contributed by atoms with Gasteiger partial charge in [0, 0.05) is 18.5 Å². The molecule has 0 aromatic carbocycles. The van der Waals surface area contributed by atoms with E-state index >= 15 is 0 Å². The van der Waals surface area contributed by atoms with Crippen molar-refractivity contribution in [1.82, 2.24) is 14.8 Å². The van der Waals surface area contributed by atoms with Gasteiger partial charge in [-0.15, -0.1) is 0 Å². The number of hydrogen-bond acceptors (Lipinski definition) is 4. The van der Waals surface area contributed by atoms with Gasteiger partial charge in [0.15, 0.2) is 0 Å². The molecule has 17 heavy (non-hydrogen) atoms. The summed E-state index contributed by atoms with van der Waals surface area (Å²) in [5.41, 5.74) is 0.273. The fraction of sp³-hybridized carbons (Fsp3) is 0.0909. The molecule has 0 saturated heterocycles. The molecule has 0 atom stereocenters. The van der Waals surface area contributed by atoms with Crippen molar-refractivity contribution in [3.8, 4) is 0 Å². The molecule has 2 heterocycles. The van der Waals surface area contributed by atoms with Gasteiger partial charge in [-0.25, -0.2) is 4.68 Å². The molecule has 2 aromatic rings. The van der Waals surface area contributed by atoms with Crippen molar-refractivity contribution in [1.29, 1.82) is 0 Å². The van der Waals surface area contributed by atoms with Crippen LogP contribution in [0.3, 0.4) is 0 Å². The third-order valence-corrected chi connectivity index (χ3v) is 2.02. The predicted octanol–water partition coefficient (Wildman–Crippen LogP) is 0.277. The van der Waals surface area contributed by atoms with Crippen molar-refractivity contribution in [3.05, 3.63) is 53.2 Å². The Labute approximate surface area is 96.9 Å². The molecular formula is C11H10N4O2. The summed E-state index contributed by atoms with van der Waals surface area (Å²) in [5.74, 6) is -0.321. The van der Waals surface area contributed by atoms with Crippen molar-refractivity contribution in [2.45, 2.75) is 6.54 Å². The largest absolute Gasteiger partial charge is 0.323 e. The molecule has 0 unspecified atom stereocenters. The molecule has 0 aliphatic heterocycles. The predicted molar refractivity (Wildman–Crippen MR) is 61.4 cm³/mol. The van der Waals surface area contributed by atoms with Gasteiger partial charge in [0.25, 0.3) is 5.56 Å². The SMILES string of the molecule is O=C(Cn1ncccc1=O)Nc1cccnc1. The molecule has 1 N–H and O–H groups in total. The number of rotatable bonds is 3. The van der Waals surface area contributed by atoms with Gasteiger partial charge in [0.2, 0.25) is 5.91 Å². The van der Waals surface area contributed by atoms with Gasteiger partial charge < -0.3 is 5.32 Å². The molecule has 0 saturated carbocycles. The Balaban J connectivity index is 2.04. The second kappa shape index (κ2) is 5.02. The highest BCUT2D eigenvalue weighted by molar-refractivity contribution is 5.90. The number of carbonyl (C=O) groups is 1. The number of hydrogen-bond donors (Lipinski definition) is 1. The number of aromatic nitrogens is 3. The van der Waals surface area contributed by atoms with Crippen LogP contribution in [0.2, 0.25) is 0 Å². The molecule has 2 rings (SSSR count). The molecule has 6 nitrogen and oxygen atoms in total. The number of anilines is 1. The monoisotopic (exact) mass is 230 g/mol. The molecule has 2 aromatic heterocycles. The Morgan fingerprint density at radius 2 is 2.12 bits per heavy atom. The van der Waals surface area contributed by atoms with E-state index in [1.165, 1.54) is 24.5 Å². The van der Waals surface area contributed by atoms with E-state index in [2.05, 4.69) is 15.4 Å². The van der Waals surface area contributed by atoms with Crippen LogP contribution < -0.4 is 10.9 Å². The van der Waals surface area contributed by atoms with E-state index < -0.39 is 0 Å². The number of amides is 1. The van der Waals surface area contributed by atoms with Crippen molar-refractivity contribution in [3.63, 3.8) is 0 Å². The van der Waals surface area contributed by atoms with E-state index in [9.17, 15) is 9.59 Å². The standard InChI is InChI=1S/C11H10N4O2/c16-10(14-9-3-1-5-12-7-9)8-15-11(17)4-2-6-13-15/h1-7H,8H2,(H,14,16). The van der Waals surface area contributed by atoms with Crippen molar-refractivity contribution in [2.24, 2.45) is 0 Å². The first-order chi connectivity index (χ1) is 8.25. The lowest BCUT2D eigenvalue weighted by molar-refractivity contribution is -0.117. The van der Waals surface area contributed by atoms with Crippen LogP contribution in [0.15, 0.2) is 47.7 Å². The highest BCUT2D eigenvalue weighted by atomic mass is 16.2. The van der Waals surface area contributed by atoms with Crippen LogP contribution >= 0.6 is 0 Å². The zero-order valence-corrected chi connectivity index (χ0v) is 8.91. The van der Waals surface area contributed by atoms with Gasteiger partial charge in [-0.3, -0.25) is 14.6 Å². The maximum absolute atomic E-state index is 11.6. The maximum Gasteiger partial charge on any atom is 0.267 e. The minimum Gasteiger partial charge on any atom is -0.323 e. The van der Waals surface area contributed by atoms with Gasteiger partial charge in [0.05, 0.1) is 11.9 Å². The third kappa shape index (κ3) is 2.97. The first-order valence-corrected chi connectivity index (χ1v) is 4.98. The summed E-state index contributed by atoms with van der Waals surface area (Å²) in [7, 11) is 0. The summed E-state index contributed by atoms with van der Waals surface area (Å²) in [4.78, 5) is 26.8. The van der Waals surface area contributed by atoms with Crippen molar-refractivity contribution in [2.75, 3.05) is 5.32 Å². The number of carbonyl (C=O) groups excluding carboxylic acids is 1. The molecule has 1 amide bonds. The Bertz CT molecular complexity index is 565. The van der Waals surface area contributed by atoms with Crippen LogP contribution in [0.1, 0.15) is 0 Å². The summed E-state index contributed by atoms with van der Waals surface area (Å²) in [6.45, 7) is -0.117. The van der Waals surface area contributed by atoms with Gasteiger partial charge in [-0.05, 0) is 18.2 Å². The Morgan fingerprint density at radius 1 is 1.29 bits per heavy atom. The van der Waals surface area contributed by atoms with E-state index in [4.69, 9.17) is 0 Å². The Hall–Kier alpha value is -2.50. The molecule has 0 bridgehead atoms. The summed E-state index contributed by atoms with van der Waals surface area (Å²) in [6, 6.07) is 6.30. The number of nitrogens with zero attached hydrogens (tertiary/aromatic N) is 3. The molecule has 86 valence electrons. The smallest absolute Gasteiger partial charge is 0.267 e. The fourth-order valence-electron chi connectivity index (χ4n) is 1.28. The lowest BCUT2D eigenvalue weighted by Crippen LogP contribution is -2.28. The summed E-state index contributed by atoms with van der Waals surface area (Å²) < 4.78 is 1.09. The highest BCUT2D eigenvalue weighted by Crippen LogP contribution is 2.01. The van der Waals surface area contributed by atoms with Gasteiger partial charge in [-0.2, -0.15) is 5.10 Å². The van der Waals surface area contributed by atoms with Crippen LogP contribution in [-0.4, -0.2) is 20.7 Å². The van der Waals surface area contributed by atoms with Crippen LogP contribution in [0.5, 0.6) is 0 Å². The van der Waals surface area contributed by atoms with Crippen LogP contribution in [0, 0.1) is 0 Å². The average Bonchev–Trinajstić information content (AvgIpc) is 2.33. The molecule has 0 spiro atoms. The lowest BCUT2D eigenvalue weighted by Gasteiger charge is -2.05. The Morgan fingerprint density at radius 3 is 2.82 bits per heavy atom. The van der Waals surface area contributed by atoms with E-state index in [0.29, 0.717) is 5.69 Å². The van der Waals surface area contributed by atoms with E-state index in [-0.39, 0.29) is 18.0 Å². The van der Waals surface area contributed by atoms with Crippen LogP contribution in [-0.2, 0) is 11.3 Å². The number of nitrogens with one attached hydrogen (secondary N) is 1. The van der Waals surface area contributed by atoms with E-state index in [1.54, 1.807) is 18.3 Å². The maximum atomic E-state index is 11.6. The molecule has 0 aliphatic carbocycles. The lowest BCUT2D eigenvalue weighted by atomic mass is 10.4. The molecular weight excluding hydrogens is 220 g/mol. The van der Waals surface area contributed by atoms with Crippen molar-refractivity contribution < 1.29 is 4.79 Å². The van der Waals surface area contributed by atoms with E-state index in [1.807, 2.05) is 0 Å². The molecule has 6 heteroatoms. The molecule has 0 radical (unpaired) electrons. The van der Waals surface area contributed by atoms with Crippen LogP contribution in [0.25, 0.3) is 0 Å². The van der Waals surface area contributed by atoms with Crippen LogP contribution in [0.4, 0.5) is 5.69 Å². The zero-order chi connectivity index (χ0) is 12.1. The summed E-state index contributed by atoms with van der Waals surface area (Å²) in [5, 5.41) is 6.40. The Kier molecular flexibility index (Phi) is 3.25. The quantitative estimate of drug-likeness (QED) is 0.821. The second-order valence-electron chi connectivity index (χ2n) is 3.31. The normalized spacial score (nSPS) is 9.88. The topological polar surface area (TPSA) is 76.9 Å². The molecule has 0 aliphatic rings. The van der Waals surface area contributed by atoms with Crippen molar-refractivity contribution >= 4 is 11.6 Å². The average molecular weight is 230 g/mol. The zero-order valence-electron chi connectivity index (χ0n) is 8.91. The van der Waals surface area contributed by atoms with Gasteiger partial charge >= 0.3 is 0 Å². The van der Waals surface area contributed by atoms with Gasteiger partial charge in [-0.1, -0.05) is 0 Å². The highest BCUT2D eigenvalue weighted by Gasteiger charge is 2.05. The fourth-order valence-corrected chi connectivity index (χ4v) is 1.28. The van der Waals surface area contributed by atoms with Gasteiger partial charge in [0.1, 0.15) is 6.54 Å². The summed E-state index contributed by atoms with van der Waals surface area (Å²) in [6.07, 6.45) is 4.59. The van der Waals surface area contributed by atoms with E-state index in [0.717, 1.165) is 4.68 Å². The summed E-state index contributed by atoms with van der Waals surface area (Å²) >= 11 is 0. The molecule has 0 fully saturated rings.